The molecule has 3 heterocycles. The lowest BCUT2D eigenvalue weighted by atomic mass is 9.88. The molecule has 2 bridgehead atoms. The maximum atomic E-state index is 11.4. The predicted molar refractivity (Wildman–Crippen MR) is 42.2 cm³/mol. The van der Waals surface area contributed by atoms with Gasteiger partial charge in [-0.25, -0.2) is 8.42 Å². The van der Waals surface area contributed by atoms with Crippen molar-refractivity contribution < 1.29 is 17.9 Å². The summed E-state index contributed by atoms with van der Waals surface area (Å²) in [5, 5.41) is -0.612. The Bertz CT molecular complexity index is 376. The largest absolute Gasteiger partial charge is 0.373 e. The van der Waals surface area contributed by atoms with Crippen LogP contribution in [0.25, 0.3) is 0 Å². The van der Waals surface area contributed by atoms with E-state index in [0.717, 1.165) is 12.8 Å². The number of amides is 1. The summed E-state index contributed by atoms with van der Waals surface area (Å²) in [7, 11) is -3.43. The van der Waals surface area contributed by atoms with Gasteiger partial charge in [0, 0.05) is 0 Å². The van der Waals surface area contributed by atoms with Crippen LogP contribution >= 0.6 is 0 Å². The van der Waals surface area contributed by atoms with E-state index in [-0.39, 0.29) is 18.1 Å². The predicted octanol–water partition coefficient (Wildman–Crippen LogP) is -1.01. The SMILES string of the molecule is O=C1NS(=O)(=O)[C@H]2[C@@H]1[C@@H]1CC[C@H]2O1. The molecular formula is C7H9NO4S. The van der Waals surface area contributed by atoms with E-state index in [1.165, 1.54) is 0 Å². The zero-order chi connectivity index (χ0) is 9.22. The minimum absolute atomic E-state index is 0.160. The minimum Gasteiger partial charge on any atom is -0.373 e. The number of fused-ring (bicyclic) bond motifs is 5. The van der Waals surface area contributed by atoms with Gasteiger partial charge in [0.2, 0.25) is 15.9 Å². The molecule has 1 N–H and O–H groups in total. The standard InChI is InChI=1S/C7H9NO4S/c9-7-5-3-1-2-4(12-3)6(5)13(10,11)8-7/h3-6H,1-2H2,(H,8,9)/t3-,4+,5-,6+/m0/s1. The van der Waals surface area contributed by atoms with E-state index < -0.39 is 21.2 Å². The third kappa shape index (κ3) is 0.800. The second-order valence-electron chi connectivity index (χ2n) is 3.79. The van der Waals surface area contributed by atoms with Crippen LogP contribution in [0.4, 0.5) is 0 Å². The van der Waals surface area contributed by atoms with E-state index in [1.54, 1.807) is 0 Å². The van der Waals surface area contributed by atoms with Gasteiger partial charge in [-0.2, -0.15) is 0 Å². The summed E-state index contributed by atoms with van der Waals surface area (Å²) >= 11 is 0. The first-order valence-corrected chi connectivity index (χ1v) is 5.85. The summed E-state index contributed by atoms with van der Waals surface area (Å²) in [6.45, 7) is 0. The third-order valence-electron chi connectivity index (χ3n) is 3.11. The smallest absolute Gasteiger partial charge is 0.241 e. The Morgan fingerprint density at radius 1 is 1.31 bits per heavy atom. The molecular weight excluding hydrogens is 194 g/mol. The average molecular weight is 203 g/mol. The summed E-state index contributed by atoms with van der Waals surface area (Å²) in [5.74, 6) is -0.819. The summed E-state index contributed by atoms with van der Waals surface area (Å²) in [6.07, 6.45) is 1.17. The number of carbonyl (C=O) groups is 1. The summed E-state index contributed by atoms with van der Waals surface area (Å²) < 4.78 is 30.3. The van der Waals surface area contributed by atoms with Crippen molar-refractivity contribution in [2.45, 2.75) is 30.3 Å². The molecule has 6 heteroatoms. The highest BCUT2D eigenvalue weighted by Crippen LogP contribution is 2.45. The molecule has 0 aromatic carbocycles. The van der Waals surface area contributed by atoms with Gasteiger partial charge in [-0.15, -0.1) is 0 Å². The van der Waals surface area contributed by atoms with Crippen LogP contribution in [0.1, 0.15) is 12.8 Å². The maximum Gasteiger partial charge on any atom is 0.241 e. The Balaban J connectivity index is 2.11. The van der Waals surface area contributed by atoms with E-state index in [2.05, 4.69) is 0 Å². The monoisotopic (exact) mass is 203 g/mol. The Morgan fingerprint density at radius 3 is 2.69 bits per heavy atom. The lowest BCUT2D eigenvalue weighted by Gasteiger charge is -2.15. The number of nitrogens with one attached hydrogen (secondary N) is 1. The highest BCUT2D eigenvalue weighted by molar-refractivity contribution is 7.91. The first-order chi connectivity index (χ1) is 6.09. The van der Waals surface area contributed by atoms with Gasteiger partial charge in [0.1, 0.15) is 5.25 Å². The topological polar surface area (TPSA) is 72.5 Å². The third-order valence-corrected chi connectivity index (χ3v) is 4.91. The van der Waals surface area contributed by atoms with Crippen molar-refractivity contribution in [3.8, 4) is 0 Å². The first-order valence-electron chi connectivity index (χ1n) is 4.30. The van der Waals surface area contributed by atoms with Crippen molar-refractivity contribution in [2.24, 2.45) is 5.92 Å². The molecule has 0 aliphatic carbocycles. The van der Waals surface area contributed by atoms with Gasteiger partial charge in [-0.05, 0) is 12.8 Å². The minimum atomic E-state index is -3.43. The van der Waals surface area contributed by atoms with E-state index in [0.29, 0.717) is 0 Å². The Kier molecular flexibility index (Phi) is 1.23. The lowest BCUT2D eigenvalue weighted by Crippen LogP contribution is -2.34. The number of hydrogen-bond donors (Lipinski definition) is 1. The fourth-order valence-electron chi connectivity index (χ4n) is 2.62. The molecule has 5 nitrogen and oxygen atoms in total. The maximum absolute atomic E-state index is 11.4. The number of rotatable bonds is 0. The van der Waals surface area contributed by atoms with E-state index in [1.807, 2.05) is 4.72 Å². The summed E-state index contributed by atoms with van der Waals surface area (Å²) in [5.41, 5.74) is 0. The van der Waals surface area contributed by atoms with Crippen LogP contribution < -0.4 is 4.72 Å². The summed E-state index contributed by atoms with van der Waals surface area (Å²) in [4.78, 5) is 11.3. The van der Waals surface area contributed by atoms with Gasteiger partial charge in [0.15, 0.2) is 0 Å². The fourth-order valence-corrected chi connectivity index (χ4v) is 4.46. The molecule has 3 saturated heterocycles. The average Bonchev–Trinajstić information content (AvgIpc) is 2.63. The zero-order valence-corrected chi connectivity index (χ0v) is 7.58. The molecule has 0 spiro atoms. The highest BCUT2D eigenvalue weighted by Gasteiger charge is 2.62. The molecule has 1 amide bonds. The van der Waals surface area contributed by atoms with Crippen molar-refractivity contribution in [1.82, 2.24) is 4.72 Å². The summed E-state index contributed by atoms with van der Waals surface area (Å²) in [6, 6.07) is 0. The number of hydrogen-bond acceptors (Lipinski definition) is 4. The van der Waals surface area contributed by atoms with Crippen molar-refractivity contribution >= 4 is 15.9 Å². The molecule has 4 atom stereocenters. The zero-order valence-electron chi connectivity index (χ0n) is 6.76. The molecule has 0 radical (unpaired) electrons. The van der Waals surface area contributed by atoms with Gasteiger partial charge in [0.25, 0.3) is 0 Å². The van der Waals surface area contributed by atoms with Crippen molar-refractivity contribution in [3.05, 3.63) is 0 Å². The van der Waals surface area contributed by atoms with Crippen LogP contribution in [0, 0.1) is 5.92 Å². The highest BCUT2D eigenvalue weighted by atomic mass is 32.2. The van der Waals surface area contributed by atoms with Crippen LogP contribution in [0.3, 0.4) is 0 Å². The second kappa shape index (κ2) is 2.06. The number of sulfonamides is 1. The quantitative estimate of drug-likeness (QED) is 0.547. The molecule has 3 aliphatic rings. The fraction of sp³-hybridized carbons (Fsp3) is 0.857. The molecule has 13 heavy (non-hydrogen) atoms. The second-order valence-corrected chi connectivity index (χ2v) is 5.63. The van der Waals surface area contributed by atoms with E-state index in [9.17, 15) is 13.2 Å². The Hall–Kier alpha value is -0.620. The van der Waals surface area contributed by atoms with Crippen LogP contribution in [-0.2, 0) is 19.6 Å². The number of ether oxygens (including phenoxy) is 1. The molecule has 0 aromatic heterocycles. The van der Waals surface area contributed by atoms with Gasteiger partial charge >= 0.3 is 0 Å². The van der Waals surface area contributed by atoms with Crippen LogP contribution in [0.15, 0.2) is 0 Å². The molecule has 3 aliphatic heterocycles. The van der Waals surface area contributed by atoms with Crippen molar-refractivity contribution in [1.29, 1.82) is 0 Å². The van der Waals surface area contributed by atoms with Crippen LogP contribution in [0.2, 0.25) is 0 Å². The molecule has 3 fully saturated rings. The van der Waals surface area contributed by atoms with Gasteiger partial charge in [0.05, 0.1) is 18.1 Å². The van der Waals surface area contributed by atoms with E-state index >= 15 is 0 Å². The van der Waals surface area contributed by atoms with Crippen molar-refractivity contribution in [2.75, 3.05) is 0 Å². The van der Waals surface area contributed by atoms with Crippen LogP contribution in [0.5, 0.6) is 0 Å². The molecule has 0 aromatic rings. The van der Waals surface area contributed by atoms with Gasteiger partial charge in [-0.3, -0.25) is 9.52 Å². The van der Waals surface area contributed by atoms with Crippen molar-refractivity contribution in [3.63, 3.8) is 0 Å². The van der Waals surface area contributed by atoms with E-state index in [4.69, 9.17) is 4.74 Å². The Morgan fingerprint density at radius 2 is 2.00 bits per heavy atom. The first kappa shape index (κ1) is 7.75. The molecule has 0 unspecified atom stereocenters. The molecule has 3 rings (SSSR count). The number of carbonyl (C=O) groups excluding carboxylic acids is 1. The van der Waals surface area contributed by atoms with Gasteiger partial charge < -0.3 is 4.74 Å². The molecule has 0 saturated carbocycles. The normalized spacial score (nSPS) is 50.6. The lowest BCUT2D eigenvalue weighted by molar-refractivity contribution is -0.123. The van der Waals surface area contributed by atoms with Gasteiger partial charge in [-0.1, -0.05) is 0 Å². The van der Waals surface area contributed by atoms with Crippen LogP contribution in [-0.4, -0.2) is 31.8 Å². The molecule has 72 valence electrons. The Labute approximate surface area is 75.5 Å².